The van der Waals surface area contributed by atoms with Gasteiger partial charge in [0.1, 0.15) is 23.6 Å². The number of amides is 1. The molecule has 3 aromatic rings. The molecule has 0 radical (unpaired) electrons. The van der Waals surface area contributed by atoms with Crippen molar-refractivity contribution in [2.45, 2.75) is 18.9 Å². The Kier molecular flexibility index (Phi) is 5.06. The molecule has 4 rings (SSSR count). The van der Waals surface area contributed by atoms with Crippen LogP contribution in [0.4, 0.5) is 11.6 Å². The van der Waals surface area contributed by atoms with Gasteiger partial charge in [0.15, 0.2) is 0 Å². The maximum Gasteiger partial charge on any atom is 0.252 e. The second kappa shape index (κ2) is 7.67. The third-order valence-electron chi connectivity index (χ3n) is 5.65. The first-order valence-electron chi connectivity index (χ1n) is 9.64. The SMILES string of the molecule is CN(c1ccc(C(=O)NCCO)cn1)C1(C)CCN(c2ncnc3[nH]ccc23)C1. The van der Waals surface area contributed by atoms with Gasteiger partial charge < -0.3 is 25.2 Å². The fourth-order valence-corrected chi connectivity index (χ4v) is 3.78. The first kappa shape index (κ1) is 19.1. The lowest BCUT2D eigenvalue weighted by molar-refractivity contribution is 0.0944. The zero-order valence-corrected chi connectivity index (χ0v) is 16.6. The highest BCUT2D eigenvalue weighted by atomic mass is 16.3. The lowest BCUT2D eigenvalue weighted by Crippen LogP contribution is -2.46. The van der Waals surface area contributed by atoms with Gasteiger partial charge in [0, 0.05) is 39.1 Å². The minimum absolute atomic E-state index is 0.0871. The van der Waals surface area contributed by atoms with Crippen LogP contribution in [0.3, 0.4) is 0 Å². The second-order valence-corrected chi connectivity index (χ2v) is 7.55. The molecule has 9 nitrogen and oxygen atoms in total. The molecule has 1 unspecified atom stereocenters. The van der Waals surface area contributed by atoms with Crippen LogP contribution in [0.15, 0.2) is 36.9 Å². The van der Waals surface area contributed by atoms with Crippen LogP contribution in [0, 0.1) is 0 Å². The number of aliphatic hydroxyl groups is 1. The van der Waals surface area contributed by atoms with Crippen LogP contribution < -0.4 is 15.1 Å². The fraction of sp³-hybridized carbons (Fsp3) is 0.400. The number of hydrogen-bond donors (Lipinski definition) is 3. The van der Waals surface area contributed by atoms with Gasteiger partial charge in [0.2, 0.25) is 0 Å². The minimum Gasteiger partial charge on any atom is -0.395 e. The van der Waals surface area contributed by atoms with E-state index in [1.807, 2.05) is 25.4 Å². The number of H-pyrrole nitrogens is 1. The average Bonchev–Trinajstić information content (AvgIpc) is 3.39. The second-order valence-electron chi connectivity index (χ2n) is 7.55. The number of nitrogens with one attached hydrogen (secondary N) is 2. The summed E-state index contributed by atoms with van der Waals surface area (Å²) in [6.07, 6.45) is 6.00. The summed E-state index contributed by atoms with van der Waals surface area (Å²) in [4.78, 5) is 32.9. The lowest BCUT2D eigenvalue weighted by atomic mass is 9.99. The summed E-state index contributed by atoms with van der Waals surface area (Å²) in [5.41, 5.74) is 1.19. The lowest BCUT2D eigenvalue weighted by Gasteiger charge is -2.36. The Balaban J connectivity index is 1.49. The van der Waals surface area contributed by atoms with Crippen molar-refractivity contribution in [1.82, 2.24) is 25.3 Å². The third-order valence-corrected chi connectivity index (χ3v) is 5.65. The normalized spacial score (nSPS) is 18.9. The number of carbonyl (C=O) groups excluding carboxylic acids is 1. The third kappa shape index (κ3) is 3.61. The van der Waals surface area contributed by atoms with Gasteiger partial charge in [-0.2, -0.15) is 0 Å². The van der Waals surface area contributed by atoms with Crippen LogP contribution in [-0.4, -0.2) is 69.8 Å². The van der Waals surface area contributed by atoms with Crippen molar-refractivity contribution in [3.05, 3.63) is 42.5 Å². The summed E-state index contributed by atoms with van der Waals surface area (Å²) in [5, 5.41) is 12.5. The van der Waals surface area contributed by atoms with Gasteiger partial charge in [0.05, 0.1) is 23.1 Å². The van der Waals surface area contributed by atoms with Crippen molar-refractivity contribution in [1.29, 1.82) is 0 Å². The first-order valence-corrected chi connectivity index (χ1v) is 9.64. The topological polar surface area (TPSA) is 110 Å². The van der Waals surface area contributed by atoms with Crippen molar-refractivity contribution >= 4 is 28.6 Å². The number of aliphatic hydroxyl groups excluding tert-OH is 1. The van der Waals surface area contributed by atoms with E-state index in [1.54, 1.807) is 18.6 Å². The molecule has 0 saturated carbocycles. The summed E-state index contributed by atoms with van der Waals surface area (Å²) in [6, 6.07) is 5.62. The van der Waals surface area contributed by atoms with Crippen LogP contribution >= 0.6 is 0 Å². The fourth-order valence-electron chi connectivity index (χ4n) is 3.78. The van der Waals surface area contributed by atoms with E-state index in [4.69, 9.17) is 5.11 Å². The molecule has 9 heteroatoms. The van der Waals surface area contributed by atoms with Gasteiger partial charge in [-0.1, -0.05) is 0 Å². The molecule has 1 aliphatic heterocycles. The Morgan fingerprint density at radius 2 is 2.21 bits per heavy atom. The van der Waals surface area contributed by atoms with E-state index < -0.39 is 0 Å². The number of aromatic amines is 1. The predicted molar refractivity (Wildman–Crippen MR) is 111 cm³/mol. The largest absolute Gasteiger partial charge is 0.395 e. The van der Waals surface area contributed by atoms with E-state index in [2.05, 4.69) is 42.0 Å². The van der Waals surface area contributed by atoms with Crippen molar-refractivity contribution in [3.8, 4) is 0 Å². The summed E-state index contributed by atoms with van der Waals surface area (Å²) in [5.74, 6) is 1.51. The molecule has 1 aliphatic rings. The number of fused-ring (bicyclic) bond motifs is 1. The molecule has 4 heterocycles. The van der Waals surface area contributed by atoms with E-state index in [-0.39, 0.29) is 24.6 Å². The Labute approximate surface area is 168 Å². The van der Waals surface area contributed by atoms with Crippen LogP contribution in [0.25, 0.3) is 11.0 Å². The number of likely N-dealkylation sites (N-methyl/N-ethyl adjacent to an activating group) is 1. The molecule has 29 heavy (non-hydrogen) atoms. The van der Waals surface area contributed by atoms with Crippen molar-refractivity contribution < 1.29 is 9.90 Å². The van der Waals surface area contributed by atoms with Gasteiger partial charge in [-0.15, -0.1) is 0 Å². The standard InChI is InChI=1S/C20H25N7O2/c1-20(26(2)16-4-3-14(11-23-16)19(29)22-8-10-28)6-9-27(12-20)18-15-5-7-21-17(15)24-13-25-18/h3-5,7,11,13,28H,6,8-10,12H2,1-2H3,(H,22,29)(H,21,24,25). The van der Waals surface area contributed by atoms with Gasteiger partial charge >= 0.3 is 0 Å². The number of rotatable bonds is 6. The molecular weight excluding hydrogens is 370 g/mol. The van der Waals surface area contributed by atoms with Crippen LogP contribution in [0.2, 0.25) is 0 Å². The first-order chi connectivity index (χ1) is 14.0. The zero-order chi connectivity index (χ0) is 20.4. The van der Waals surface area contributed by atoms with Crippen LogP contribution in [0.5, 0.6) is 0 Å². The maximum atomic E-state index is 12.0. The Hall–Kier alpha value is -3.20. The van der Waals surface area contributed by atoms with E-state index in [1.165, 1.54) is 0 Å². The molecule has 1 atom stereocenters. The number of anilines is 2. The van der Waals surface area contributed by atoms with Gasteiger partial charge in [-0.3, -0.25) is 4.79 Å². The van der Waals surface area contributed by atoms with Crippen molar-refractivity contribution in [3.63, 3.8) is 0 Å². The van der Waals surface area contributed by atoms with E-state index in [0.29, 0.717) is 5.56 Å². The maximum absolute atomic E-state index is 12.0. The average molecular weight is 395 g/mol. The summed E-state index contributed by atoms with van der Waals surface area (Å²) in [6.45, 7) is 4.05. The molecular formula is C20H25N7O2. The van der Waals surface area contributed by atoms with Crippen LogP contribution in [-0.2, 0) is 0 Å². The molecule has 0 bridgehead atoms. The van der Waals surface area contributed by atoms with Gasteiger partial charge in [-0.25, -0.2) is 15.0 Å². The molecule has 0 aliphatic carbocycles. The number of pyridine rings is 1. The molecule has 0 spiro atoms. The summed E-state index contributed by atoms with van der Waals surface area (Å²) in [7, 11) is 2.03. The highest BCUT2D eigenvalue weighted by Crippen LogP contribution is 2.34. The van der Waals surface area contributed by atoms with Crippen molar-refractivity contribution in [2.75, 3.05) is 43.1 Å². The molecule has 0 aromatic carbocycles. The molecule has 3 N–H and O–H groups in total. The Morgan fingerprint density at radius 3 is 2.97 bits per heavy atom. The zero-order valence-electron chi connectivity index (χ0n) is 16.6. The van der Waals surface area contributed by atoms with E-state index in [0.717, 1.165) is 42.2 Å². The monoisotopic (exact) mass is 395 g/mol. The van der Waals surface area contributed by atoms with Gasteiger partial charge in [-0.05, 0) is 31.5 Å². The Morgan fingerprint density at radius 1 is 1.34 bits per heavy atom. The molecule has 152 valence electrons. The molecule has 1 amide bonds. The smallest absolute Gasteiger partial charge is 0.252 e. The van der Waals surface area contributed by atoms with E-state index >= 15 is 0 Å². The molecule has 1 fully saturated rings. The predicted octanol–water partition coefficient (Wildman–Crippen LogP) is 1.18. The van der Waals surface area contributed by atoms with Crippen molar-refractivity contribution in [2.24, 2.45) is 0 Å². The van der Waals surface area contributed by atoms with Gasteiger partial charge in [0.25, 0.3) is 5.91 Å². The van der Waals surface area contributed by atoms with E-state index in [9.17, 15) is 4.79 Å². The Bertz CT molecular complexity index is 1000. The minimum atomic E-state index is -0.238. The molecule has 1 saturated heterocycles. The molecule has 3 aromatic heterocycles. The number of carbonyl (C=O) groups is 1. The number of hydrogen-bond acceptors (Lipinski definition) is 7. The highest BCUT2D eigenvalue weighted by Gasteiger charge is 2.39. The number of aromatic nitrogens is 4. The number of nitrogens with zero attached hydrogens (tertiary/aromatic N) is 5. The summed E-state index contributed by atoms with van der Waals surface area (Å²) < 4.78 is 0. The summed E-state index contributed by atoms with van der Waals surface area (Å²) >= 11 is 0. The highest BCUT2D eigenvalue weighted by molar-refractivity contribution is 5.94. The quantitative estimate of drug-likeness (QED) is 0.575. The van der Waals surface area contributed by atoms with Crippen LogP contribution in [0.1, 0.15) is 23.7 Å².